The maximum atomic E-state index is 8.79. The summed E-state index contributed by atoms with van der Waals surface area (Å²) in [4.78, 5) is 0. The first-order valence-corrected chi connectivity index (χ1v) is 3.48. The molecule has 1 atom stereocenters. The van der Waals surface area contributed by atoms with Crippen molar-refractivity contribution in [1.29, 1.82) is 0 Å². The zero-order chi connectivity index (χ0) is 6.78. The molecule has 0 aromatic heterocycles. The Morgan fingerprint density at radius 3 is 2.00 bits per heavy atom. The number of thioether (sulfide) groups is 1. The van der Waals surface area contributed by atoms with Gasteiger partial charge in [-0.15, -0.1) is 11.8 Å². The van der Waals surface area contributed by atoms with E-state index in [-0.39, 0.29) is 0 Å². The van der Waals surface area contributed by atoms with Gasteiger partial charge in [-0.05, 0) is 13.2 Å². The van der Waals surface area contributed by atoms with E-state index in [1.165, 1.54) is 6.92 Å². The van der Waals surface area contributed by atoms with Crippen LogP contribution in [-0.4, -0.2) is 27.6 Å². The fourth-order valence-electron chi connectivity index (χ4n) is 0.186. The molecule has 0 aliphatic rings. The molecule has 0 radical (unpaired) electrons. The summed E-state index contributed by atoms with van der Waals surface area (Å²) in [6.07, 6.45) is 1.59. The van der Waals surface area contributed by atoms with Crippen LogP contribution in [-0.2, 0) is 0 Å². The fraction of sp³-hybridized carbons (Fsp3) is 1.00. The lowest BCUT2D eigenvalue weighted by atomic mass is 10.3. The highest BCUT2D eigenvalue weighted by Gasteiger charge is 2.26. The van der Waals surface area contributed by atoms with Gasteiger partial charge in [-0.3, -0.25) is 0 Å². The van der Waals surface area contributed by atoms with E-state index in [0.29, 0.717) is 0 Å². The number of hydrogen-bond donors (Lipinski definition) is 3. The van der Waals surface area contributed by atoms with Crippen LogP contribution in [0.1, 0.15) is 6.92 Å². The van der Waals surface area contributed by atoms with Crippen LogP contribution in [0.15, 0.2) is 0 Å². The molecular weight excluding hydrogens is 126 g/mol. The maximum absolute atomic E-state index is 8.79. The Balaban J connectivity index is 3.71. The second kappa shape index (κ2) is 2.68. The highest BCUT2D eigenvalue weighted by Crippen LogP contribution is 2.17. The standard InChI is InChI=1S/C4H11NO2S/c1-3(5)4(6,7)8-2/h3,6-7H,5H2,1-2H3. The molecule has 3 nitrogen and oxygen atoms in total. The molecule has 0 amide bonds. The first kappa shape index (κ1) is 8.23. The topological polar surface area (TPSA) is 66.5 Å². The van der Waals surface area contributed by atoms with E-state index >= 15 is 0 Å². The van der Waals surface area contributed by atoms with Gasteiger partial charge in [-0.1, -0.05) is 0 Å². The molecule has 0 rings (SSSR count). The van der Waals surface area contributed by atoms with Crippen LogP contribution in [0.3, 0.4) is 0 Å². The Morgan fingerprint density at radius 1 is 1.62 bits per heavy atom. The summed E-state index contributed by atoms with van der Waals surface area (Å²) in [5.41, 5.74) is 5.16. The molecule has 1 unspecified atom stereocenters. The minimum Gasteiger partial charge on any atom is -0.356 e. The van der Waals surface area contributed by atoms with Gasteiger partial charge in [0.1, 0.15) is 0 Å². The third-order valence-corrected chi connectivity index (χ3v) is 1.87. The molecule has 0 saturated carbocycles. The summed E-state index contributed by atoms with van der Waals surface area (Å²) in [7, 11) is 0. The predicted molar refractivity (Wildman–Crippen MR) is 34.3 cm³/mol. The zero-order valence-electron chi connectivity index (χ0n) is 4.96. The SMILES string of the molecule is CSC(O)(O)C(C)N. The van der Waals surface area contributed by atoms with Gasteiger partial charge < -0.3 is 15.9 Å². The lowest BCUT2D eigenvalue weighted by Crippen LogP contribution is -2.42. The van der Waals surface area contributed by atoms with Gasteiger partial charge in [0.05, 0.1) is 6.04 Å². The minimum absolute atomic E-state index is 0.613. The van der Waals surface area contributed by atoms with Gasteiger partial charge in [0.25, 0.3) is 0 Å². The number of hydrogen-bond acceptors (Lipinski definition) is 4. The van der Waals surface area contributed by atoms with Crippen molar-refractivity contribution in [3.63, 3.8) is 0 Å². The Kier molecular flexibility index (Phi) is 2.76. The van der Waals surface area contributed by atoms with E-state index in [9.17, 15) is 0 Å². The lowest BCUT2D eigenvalue weighted by Gasteiger charge is -2.22. The van der Waals surface area contributed by atoms with E-state index in [1.54, 1.807) is 6.26 Å². The minimum atomic E-state index is -1.76. The van der Waals surface area contributed by atoms with Crippen molar-refractivity contribution in [3.05, 3.63) is 0 Å². The van der Waals surface area contributed by atoms with Gasteiger partial charge >= 0.3 is 0 Å². The molecule has 0 aromatic carbocycles. The first-order chi connectivity index (χ1) is 3.50. The summed E-state index contributed by atoms with van der Waals surface area (Å²) >= 11 is 0.921. The third-order valence-electron chi connectivity index (χ3n) is 0.894. The summed E-state index contributed by atoms with van der Waals surface area (Å²) in [5, 5.41) is 15.8. The van der Waals surface area contributed by atoms with Crippen molar-refractivity contribution in [2.24, 2.45) is 5.73 Å². The molecule has 0 fully saturated rings. The van der Waals surface area contributed by atoms with Crippen LogP contribution in [0.5, 0.6) is 0 Å². The summed E-state index contributed by atoms with van der Waals surface area (Å²) < 4.78 is 0. The van der Waals surface area contributed by atoms with Crippen molar-refractivity contribution >= 4 is 11.8 Å². The van der Waals surface area contributed by atoms with Gasteiger partial charge in [0.15, 0.2) is 0 Å². The number of nitrogens with two attached hydrogens (primary N) is 1. The molecule has 8 heavy (non-hydrogen) atoms. The lowest BCUT2D eigenvalue weighted by molar-refractivity contribution is -0.0893. The Bertz CT molecular complexity index is 74.4. The molecule has 0 aromatic rings. The van der Waals surface area contributed by atoms with Gasteiger partial charge in [-0.25, -0.2) is 0 Å². The average molecular weight is 137 g/mol. The van der Waals surface area contributed by atoms with Crippen molar-refractivity contribution in [3.8, 4) is 0 Å². The predicted octanol–water partition coefficient (Wildman–Crippen LogP) is -0.665. The number of aliphatic hydroxyl groups is 2. The molecule has 0 spiro atoms. The second-order valence-corrected chi connectivity index (χ2v) is 2.66. The monoisotopic (exact) mass is 137 g/mol. The first-order valence-electron chi connectivity index (χ1n) is 2.26. The van der Waals surface area contributed by atoms with E-state index < -0.39 is 11.2 Å². The van der Waals surface area contributed by atoms with Crippen LogP contribution in [0, 0.1) is 0 Å². The molecule has 0 aliphatic carbocycles. The normalized spacial score (nSPS) is 16.1. The highest BCUT2D eigenvalue weighted by atomic mass is 32.2. The number of rotatable bonds is 2. The van der Waals surface area contributed by atoms with Gasteiger partial charge in [0, 0.05) is 0 Å². The third kappa shape index (κ3) is 2.00. The molecule has 4 N–H and O–H groups in total. The van der Waals surface area contributed by atoms with Crippen molar-refractivity contribution in [1.82, 2.24) is 0 Å². The molecule has 4 heteroatoms. The van der Waals surface area contributed by atoms with Gasteiger partial charge in [-0.2, -0.15) is 0 Å². The van der Waals surface area contributed by atoms with E-state index in [4.69, 9.17) is 15.9 Å². The quantitative estimate of drug-likeness (QED) is 0.442. The van der Waals surface area contributed by atoms with E-state index in [1.807, 2.05) is 0 Å². The zero-order valence-corrected chi connectivity index (χ0v) is 5.77. The van der Waals surface area contributed by atoms with Crippen LogP contribution in [0.25, 0.3) is 0 Å². The second-order valence-electron chi connectivity index (χ2n) is 1.65. The highest BCUT2D eigenvalue weighted by molar-refractivity contribution is 7.99. The van der Waals surface area contributed by atoms with Crippen LogP contribution in [0.2, 0.25) is 0 Å². The molecule has 50 valence electrons. The van der Waals surface area contributed by atoms with Gasteiger partial charge in [0.2, 0.25) is 5.12 Å². The molecule has 0 heterocycles. The average Bonchev–Trinajstić information content (AvgIpc) is 1.67. The maximum Gasteiger partial charge on any atom is 0.228 e. The molecule has 0 bridgehead atoms. The Hall–Kier alpha value is 0.230. The largest absolute Gasteiger partial charge is 0.356 e. The van der Waals surface area contributed by atoms with Crippen LogP contribution < -0.4 is 5.73 Å². The molecular formula is C4H11NO2S. The van der Waals surface area contributed by atoms with Crippen molar-refractivity contribution in [2.75, 3.05) is 6.26 Å². The fourth-order valence-corrected chi connectivity index (χ4v) is 0.558. The van der Waals surface area contributed by atoms with Crippen LogP contribution in [0.4, 0.5) is 0 Å². The summed E-state index contributed by atoms with van der Waals surface area (Å²) in [5.74, 6) is 0. The Labute approximate surface area is 52.9 Å². The van der Waals surface area contributed by atoms with Crippen LogP contribution >= 0.6 is 11.8 Å². The van der Waals surface area contributed by atoms with Crippen molar-refractivity contribution in [2.45, 2.75) is 18.1 Å². The van der Waals surface area contributed by atoms with E-state index in [2.05, 4.69) is 0 Å². The summed E-state index contributed by atoms with van der Waals surface area (Å²) in [6, 6.07) is -0.613. The smallest absolute Gasteiger partial charge is 0.228 e. The molecule has 0 saturated heterocycles. The van der Waals surface area contributed by atoms with E-state index in [0.717, 1.165) is 11.8 Å². The molecule has 0 aliphatic heterocycles. The Morgan fingerprint density at radius 2 is 2.00 bits per heavy atom. The van der Waals surface area contributed by atoms with Crippen molar-refractivity contribution < 1.29 is 10.2 Å². The summed E-state index contributed by atoms with van der Waals surface area (Å²) in [6.45, 7) is 1.54.